The second kappa shape index (κ2) is 13.8. The van der Waals surface area contributed by atoms with Crippen LogP contribution in [-0.2, 0) is 5.41 Å². The van der Waals surface area contributed by atoms with Gasteiger partial charge in [-0.1, -0.05) is 153 Å². The number of rotatable bonds is 5. The number of aromatic nitrogens is 2. The maximum atomic E-state index is 6.34. The summed E-state index contributed by atoms with van der Waals surface area (Å²) in [4.78, 5) is 0. The average Bonchev–Trinajstić information content (AvgIpc) is 4.09. The first-order valence-electron chi connectivity index (χ1n) is 22.9. The Balaban J connectivity index is 1.04. The summed E-state index contributed by atoms with van der Waals surface area (Å²) in [6.45, 7) is 4.73. The minimum atomic E-state index is -0.108. The molecule has 310 valence electrons. The molecule has 3 heterocycles. The Kier molecular flexibility index (Phi) is 7.74. The smallest absolute Gasteiger partial charge is 0.135 e. The van der Waals surface area contributed by atoms with E-state index in [2.05, 4.69) is 235 Å². The third-order valence-electron chi connectivity index (χ3n) is 14.5. The first kappa shape index (κ1) is 37.0. The van der Waals surface area contributed by atoms with Gasteiger partial charge in [0.15, 0.2) is 0 Å². The first-order chi connectivity index (χ1) is 32.5. The van der Waals surface area contributed by atoms with Gasteiger partial charge < -0.3 is 13.6 Å². The fourth-order valence-electron chi connectivity index (χ4n) is 11.5. The van der Waals surface area contributed by atoms with Crippen LogP contribution in [0.15, 0.2) is 223 Å². The largest absolute Gasteiger partial charge is 0.456 e. The van der Waals surface area contributed by atoms with Crippen LogP contribution in [0.5, 0.6) is 0 Å². The van der Waals surface area contributed by atoms with Crippen molar-refractivity contribution in [1.82, 2.24) is 9.13 Å². The fourth-order valence-corrected chi connectivity index (χ4v) is 11.5. The van der Waals surface area contributed by atoms with Crippen molar-refractivity contribution in [2.75, 3.05) is 0 Å². The highest BCUT2D eigenvalue weighted by atomic mass is 16.3. The minimum Gasteiger partial charge on any atom is -0.456 e. The van der Waals surface area contributed by atoms with Crippen molar-refractivity contribution in [1.29, 1.82) is 0 Å². The van der Waals surface area contributed by atoms with Crippen LogP contribution in [0.25, 0.3) is 121 Å². The molecule has 1 aliphatic rings. The summed E-state index contributed by atoms with van der Waals surface area (Å²) < 4.78 is 11.3. The molecule has 0 N–H and O–H groups in total. The maximum absolute atomic E-state index is 6.34. The number of hydrogen-bond donors (Lipinski definition) is 0. The van der Waals surface area contributed by atoms with Crippen LogP contribution in [-0.4, -0.2) is 9.13 Å². The zero-order valence-corrected chi connectivity index (χ0v) is 36.6. The van der Waals surface area contributed by atoms with Gasteiger partial charge in [-0.05, 0) is 129 Å². The van der Waals surface area contributed by atoms with E-state index in [9.17, 15) is 0 Å². The molecule has 0 saturated heterocycles. The van der Waals surface area contributed by atoms with E-state index in [1.807, 2.05) is 6.07 Å². The molecule has 66 heavy (non-hydrogen) atoms. The van der Waals surface area contributed by atoms with Gasteiger partial charge in [0.1, 0.15) is 11.2 Å². The van der Waals surface area contributed by atoms with Gasteiger partial charge in [0.25, 0.3) is 0 Å². The predicted molar refractivity (Wildman–Crippen MR) is 276 cm³/mol. The van der Waals surface area contributed by atoms with E-state index < -0.39 is 0 Å². The van der Waals surface area contributed by atoms with Gasteiger partial charge in [-0.25, -0.2) is 0 Å². The molecule has 0 bridgehead atoms. The lowest BCUT2D eigenvalue weighted by atomic mass is 9.82. The van der Waals surface area contributed by atoms with Crippen LogP contribution < -0.4 is 0 Å². The van der Waals surface area contributed by atoms with Crippen molar-refractivity contribution in [2.24, 2.45) is 0 Å². The molecule has 0 radical (unpaired) electrons. The zero-order valence-electron chi connectivity index (χ0n) is 36.6. The number of fused-ring (bicyclic) bond motifs is 12. The molecule has 1 aliphatic carbocycles. The SMILES string of the molecule is CC1(C)c2ccccc2-c2ccc(-n3c4ccccc4c4c(-c5cc(-c6ccc7oc8ccccc8c7c6)cc(-c6cccc7c8ccccc8n(-c8ccccc8)c67)c5)cccc43)cc21. The second-order valence-electron chi connectivity index (χ2n) is 18.5. The molecule has 14 rings (SSSR count). The van der Waals surface area contributed by atoms with Crippen molar-refractivity contribution < 1.29 is 4.42 Å². The van der Waals surface area contributed by atoms with E-state index in [0.717, 1.165) is 49.9 Å². The highest BCUT2D eigenvalue weighted by Crippen LogP contribution is 2.50. The fraction of sp³-hybridized carbons (Fsp3) is 0.0476. The Morgan fingerprint density at radius 1 is 0.333 bits per heavy atom. The molecule has 3 aromatic heterocycles. The Morgan fingerprint density at radius 3 is 1.80 bits per heavy atom. The number of para-hydroxylation sites is 5. The standard InChI is InChI=1S/C63H42N2O/c1-63(2)54-25-10-6-18-47(54)48-32-31-44(38-55(48)63)64-57-27-12-8-21-52(57)61-45(22-15-28-58(61)64)41-34-40(39-30-33-60-53(37-39)50-20-9-13-29-59(50)66-60)35-42(36-41)46-23-14-24-51-49-19-7-11-26-56(49)65(62(46)51)43-16-4-3-5-17-43/h3-38H,1-2H3. The summed E-state index contributed by atoms with van der Waals surface area (Å²) in [5.74, 6) is 0. The highest BCUT2D eigenvalue weighted by molar-refractivity contribution is 6.17. The third-order valence-corrected chi connectivity index (χ3v) is 14.5. The van der Waals surface area contributed by atoms with Crippen LogP contribution in [0.4, 0.5) is 0 Å². The highest BCUT2D eigenvalue weighted by Gasteiger charge is 2.35. The molecule has 0 amide bonds. The number of benzene rings is 10. The Hall–Kier alpha value is -8.40. The van der Waals surface area contributed by atoms with Crippen LogP contribution in [0, 0.1) is 0 Å². The summed E-state index contributed by atoms with van der Waals surface area (Å²) >= 11 is 0. The molecule has 13 aromatic rings. The predicted octanol–water partition coefficient (Wildman–Crippen LogP) is 17.1. The van der Waals surface area contributed by atoms with Crippen molar-refractivity contribution in [2.45, 2.75) is 19.3 Å². The number of furan rings is 1. The molecular formula is C63H42N2O. The summed E-state index contributed by atoms with van der Waals surface area (Å²) in [5.41, 5.74) is 21.2. The Bertz CT molecular complexity index is 4140. The van der Waals surface area contributed by atoms with Crippen LogP contribution >= 0.6 is 0 Å². The first-order valence-corrected chi connectivity index (χ1v) is 22.9. The van der Waals surface area contributed by atoms with Gasteiger partial charge in [0.05, 0.1) is 22.1 Å². The van der Waals surface area contributed by atoms with Crippen molar-refractivity contribution >= 4 is 65.6 Å². The molecule has 0 aliphatic heterocycles. The molecule has 0 atom stereocenters. The Labute approximate surface area is 382 Å². The monoisotopic (exact) mass is 842 g/mol. The number of nitrogens with zero attached hydrogens (tertiary/aromatic N) is 2. The lowest BCUT2D eigenvalue weighted by molar-refractivity contribution is 0.660. The quantitative estimate of drug-likeness (QED) is 0.169. The summed E-state index contributed by atoms with van der Waals surface area (Å²) in [7, 11) is 0. The van der Waals surface area contributed by atoms with Gasteiger partial charge in [-0.15, -0.1) is 0 Å². The van der Waals surface area contributed by atoms with Crippen molar-refractivity contribution in [3.63, 3.8) is 0 Å². The summed E-state index contributed by atoms with van der Waals surface area (Å²) in [6.07, 6.45) is 0. The van der Waals surface area contributed by atoms with Crippen molar-refractivity contribution in [3.05, 3.63) is 230 Å². The lowest BCUT2D eigenvalue weighted by Crippen LogP contribution is -2.15. The average molecular weight is 843 g/mol. The van der Waals surface area contributed by atoms with Crippen LogP contribution in [0.3, 0.4) is 0 Å². The van der Waals surface area contributed by atoms with E-state index in [1.165, 1.54) is 82.7 Å². The molecule has 0 unspecified atom stereocenters. The molecule has 3 heteroatoms. The molecule has 0 spiro atoms. The normalized spacial score (nSPS) is 13.1. The second-order valence-corrected chi connectivity index (χ2v) is 18.5. The lowest BCUT2D eigenvalue weighted by Gasteiger charge is -2.22. The molecular weight excluding hydrogens is 801 g/mol. The van der Waals surface area contributed by atoms with E-state index >= 15 is 0 Å². The van der Waals surface area contributed by atoms with Gasteiger partial charge >= 0.3 is 0 Å². The van der Waals surface area contributed by atoms with Gasteiger partial charge in [0.2, 0.25) is 0 Å². The number of hydrogen-bond acceptors (Lipinski definition) is 1. The van der Waals surface area contributed by atoms with Gasteiger partial charge in [0, 0.05) is 54.7 Å². The molecule has 3 nitrogen and oxygen atoms in total. The topological polar surface area (TPSA) is 23.0 Å². The van der Waals surface area contributed by atoms with Crippen molar-refractivity contribution in [3.8, 4) is 55.9 Å². The van der Waals surface area contributed by atoms with Crippen LogP contribution in [0.2, 0.25) is 0 Å². The van der Waals surface area contributed by atoms with Gasteiger partial charge in [-0.2, -0.15) is 0 Å². The molecule has 0 fully saturated rings. The van der Waals surface area contributed by atoms with Crippen LogP contribution in [0.1, 0.15) is 25.0 Å². The van der Waals surface area contributed by atoms with E-state index in [-0.39, 0.29) is 5.41 Å². The van der Waals surface area contributed by atoms with E-state index in [1.54, 1.807) is 0 Å². The summed E-state index contributed by atoms with van der Waals surface area (Å²) in [5, 5.41) is 7.19. The van der Waals surface area contributed by atoms with Gasteiger partial charge in [-0.3, -0.25) is 0 Å². The molecule has 0 saturated carbocycles. The minimum absolute atomic E-state index is 0.108. The Morgan fingerprint density at radius 2 is 0.939 bits per heavy atom. The van der Waals surface area contributed by atoms with E-state index in [0.29, 0.717) is 0 Å². The maximum Gasteiger partial charge on any atom is 0.135 e. The van der Waals surface area contributed by atoms with E-state index in [4.69, 9.17) is 4.42 Å². The molecule has 10 aromatic carbocycles. The third kappa shape index (κ3) is 5.26. The summed E-state index contributed by atoms with van der Waals surface area (Å²) in [6, 6.07) is 80.4. The zero-order chi connectivity index (χ0) is 43.7.